The number of unbranched alkanes of at least 4 members (excludes halogenated alkanes) is 1. The lowest BCUT2D eigenvalue weighted by Gasteiger charge is -2.30. The molecule has 0 bridgehead atoms. The van der Waals surface area contributed by atoms with E-state index in [-0.39, 0.29) is 11.6 Å². The topological polar surface area (TPSA) is 66.5 Å². The number of sulfonamides is 1. The third-order valence-corrected chi connectivity index (χ3v) is 4.42. The summed E-state index contributed by atoms with van der Waals surface area (Å²) in [5.41, 5.74) is 0.279. The van der Waals surface area contributed by atoms with Crippen molar-refractivity contribution in [1.29, 1.82) is 0 Å². The minimum absolute atomic E-state index is 0.279. The van der Waals surface area contributed by atoms with Crippen LogP contribution in [0.3, 0.4) is 0 Å². The molecule has 0 aliphatic heterocycles. The SMILES string of the molecule is CCCCNC(=O)[C@@H](CC)N(c1ccc(F)cc1)S(C)(=O)=O. The van der Waals surface area contributed by atoms with E-state index < -0.39 is 21.9 Å². The molecule has 1 aromatic carbocycles. The highest BCUT2D eigenvalue weighted by molar-refractivity contribution is 7.92. The van der Waals surface area contributed by atoms with Crippen molar-refractivity contribution in [2.75, 3.05) is 17.1 Å². The molecular weight excluding hydrogens is 307 g/mol. The highest BCUT2D eigenvalue weighted by Crippen LogP contribution is 2.22. The lowest BCUT2D eigenvalue weighted by atomic mass is 10.2. The van der Waals surface area contributed by atoms with Gasteiger partial charge in [0.25, 0.3) is 0 Å². The van der Waals surface area contributed by atoms with Crippen LogP contribution in [0.2, 0.25) is 0 Å². The van der Waals surface area contributed by atoms with E-state index in [1.807, 2.05) is 6.92 Å². The van der Waals surface area contributed by atoms with Crippen molar-refractivity contribution in [2.24, 2.45) is 0 Å². The molecule has 1 amide bonds. The number of nitrogens with one attached hydrogen (secondary N) is 1. The number of anilines is 1. The first-order valence-corrected chi connectivity index (χ1v) is 9.18. The molecule has 0 saturated carbocycles. The monoisotopic (exact) mass is 330 g/mol. The second-order valence-corrected chi connectivity index (χ2v) is 6.96. The van der Waals surface area contributed by atoms with E-state index in [1.165, 1.54) is 24.3 Å². The fourth-order valence-corrected chi connectivity index (χ4v) is 3.37. The molecule has 7 heteroatoms. The predicted molar refractivity (Wildman–Crippen MR) is 85.7 cm³/mol. The fourth-order valence-electron chi connectivity index (χ4n) is 2.15. The van der Waals surface area contributed by atoms with Crippen molar-refractivity contribution in [1.82, 2.24) is 5.32 Å². The number of benzene rings is 1. The summed E-state index contributed by atoms with van der Waals surface area (Å²) in [6.45, 7) is 4.25. The summed E-state index contributed by atoms with van der Waals surface area (Å²) in [5, 5.41) is 2.75. The Hall–Kier alpha value is -1.63. The number of carbonyl (C=O) groups is 1. The van der Waals surface area contributed by atoms with Crippen molar-refractivity contribution in [2.45, 2.75) is 39.2 Å². The second kappa shape index (κ2) is 8.12. The van der Waals surface area contributed by atoms with E-state index in [1.54, 1.807) is 6.92 Å². The zero-order valence-electron chi connectivity index (χ0n) is 13.2. The normalized spacial score (nSPS) is 12.7. The Labute approximate surface area is 131 Å². The molecule has 1 N–H and O–H groups in total. The summed E-state index contributed by atoms with van der Waals surface area (Å²) in [7, 11) is -3.67. The van der Waals surface area contributed by atoms with E-state index >= 15 is 0 Å². The molecule has 0 saturated heterocycles. The van der Waals surface area contributed by atoms with Crippen LogP contribution in [0.4, 0.5) is 10.1 Å². The maximum Gasteiger partial charge on any atom is 0.243 e. The number of rotatable bonds is 8. The molecule has 1 atom stereocenters. The van der Waals surface area contributed by atoms with Crippen LogP contribution in [-0.4, -0.2) is 33.2 Å². The first-order chi connectivity index (χ1) is 10.3. The molecule has 0 radical (unpaired) electrons. The molecule has 0 aliphatic rings. The maximum atomic E-state index is 13.0. The Balaban J connectivity index is 3.08. The Morgan fingerprint density at radius 1 is 1.27 bits per heavy atom. The van der Waals surface area contributed by atoms with Crippen LogP contribution >= 0.6 is 0 Å². The molecule has 124 valence electrons. The number of nitrogens with zero attached hydrogens (tertiary/aromatic N) is 1. The molecule has 1 aromatic rings. The van der Waals surface area contributed by atoms with Crippen LogP contribution in [0.15, 0.2) is 24.3 Å². The molecule has 22 heavy (non-hydrogen) atoms. The smallest absolute Gasteiger partial charge is 0.243 e. The van der Waals surface area contributed by atoms with Gasteiger partial charge < -0.3 is 5.32 Å². The van der Waals surface area contributed by atoms with Crippen molar-refractivity contribution in [3.8, 4) is 0 Å². The number of carbonyl (C=O) groups excluding carboxylic acids is 1. The van der Waals surface area contributed by atoms with E-state index in [2.05, 4.69) is 5.32 Å². The second-order valence-electron chi connectivity index (χ2n) is 5.10. The van der Waals surface area contributed by atoms with Crippen LogP contribution in [0.1, 0.15) is 33.1 Å². The highest BCUT2D eigenvalue weighted by Gasteiger charge is 2.31. The highest BCUT2D eigenvalue weighted by atomic mass is 32.2. The third-order valence-electron chi connectivity index (χ3n) is 3.24. The van der Waals surface area contributed by atoms with Crippen LogP contribution in [0.25, 0.3) is 0 Å². The molecule has 0 fully saturated rings. The quantitative estimate of drug-likeness (QED) is 0.744. The van der Waals surface area contributed by atoms with Gasteiger partial charge in [0.05, 0.1) is 11.9 Å². The van der Waals surface area contributed by atoms with Gasteiger partial charge in [-0.15, -0.1) is 0 Å². The average Bonchev–Trinajstić information content (AvgIpc) is 2.44. The Kier molecular flexibility index (Phi) is 6.80. The average molecular weight is 330 g/mol. The van der Waals surface area contributed by atoms with E-state index in [4.69, 9.17) is 0 Å². The third kappa shape index (κ3) is 4.98. The van der Waals surface area contributed by atoms with Gasteiger partial charge >= 0.3 is 0 Å². The number of amides is 1. The van der Waals surface area contributed by atoms with Crippen LogP contribution in [0.5, 0.6) is 0 Å². The van der Waals surface area contributed by atoms with Crippen LogP contribution < -0.4 is 9.62 Å². The molecule has 0 aliphatic carbocycles. The molecule has 0 heterocycles. The summed E-state index contributed by atoms with van der Waals surface area (Å²) in [6.07, 6.45) is 3.13. The van der Waals surface area contributed by atoms with Gasteiger partial charge in [0, 0.05) is 6.54 Å². The fraction of sp³-hybridized carbons (Fsp3) is 0.533. The Bertz CT molecular complexity index is 587. The van der Waals surface area contributed by atoms with Gasteiger partial charge in [0.1, 0.15) is 11.9 Å². The van der Waals surface area contributed by atoms with Crippen LogP contribution in [0, 0.1) is 5.82 Å². The summed E-state index contributed by atoms with van der Waals surface area (Å²) in [4.78, 5) is 12.3. The first kappa shape index (κ1) is 18.4. The van der Waals surface area contributed by atoms with Crippen molar-refractivity contribution in [3.05, 3.63) is 30.1 Å². The van der Waals surface area contributed by atoms with Gasteiger partial charge in [0.15, 0.2) is 0 Å². The van der Waals surface area contributed by atoms with Crippen molar-refractivity contribution < 1.29 is 17.6 Å². The van der Waals surface area contributed by atoms with E-state index in [0.29, 0.717) is 13.0 Å². The van der Waals surface area contributed by atoms with Gasteiger partial charge in [-0.1, -0.05) is 20.3 Å². The van der Waals surface area contributed by atoms with Gasteiger partial charge in [-0.3, -0.25) is 9.10 Å². The van der Waals surface area contributed by atoms with Gasteiger partial charge in [0.2, 0.25) is 15.9 Å². The lowest BCUT2D eigenvalue weighted by Crippen LogP contribution is -2.49. The number of hydrogen-bond donors (Lipinski definition) is 1. The maximum absolute atomic E-state index is 13.0. The summed E-state index contributed by atoms with van der Waals surface area (Å²) >= 11 is 0. The van der Waals surface area contributed by atoms with E-state index in [9.17, 15) is 17.6 Å². The predicted octanol–water partition coefficient (Wildman–Crippen LogP) is 2.29. The molecule has 0 unspecified atom stereocenters. The first-order valence-electron chi connectivity index (χ1n) is 7.34. The van der Waals surface area contributed by atoms with E-state index in [0.717, 1.165) is 23.4 Å². The van der Waals surface area contributed by atoms with Crippen molar-refractivity contribution in [3.63, 3.8) is 0 Å². The molecule has 5 nitrogen and oxygen atoms in total. The lowest BCUT2D eigenvalue weighted by molar-refractivity contribution is -0.122. The van der Waals surface area contributed by atoms with Gasteiger partial charge in [-0.2, -0.15) is 0 Å². The molecule has 1 rings (SSSR count). The summed E-state index contributed by atoms with van der Waals surface area (Å²) in [6, 6.07) is 4.22. The zero-order chi connectivity index (χ0) is 16.8. The van der Waals surface area contributed by atoms with Gasteiger partial charge in [-0.05, 0) is 37.1 Å². The molecule has 0 aromatic heterocycles. The Morgan fingerprint density at radius 2 is 1.86 bits per heavy atom. The zero-order valence-corrected chi connectivity index (χ0v) is 14.0. The number of hydrogen-bond acceptors (Lipinski definition) is 3. The standard InChI is InChI=1S/C15H23FN2O3S/c1-4-6-11-17-15(19)14(5-2)18(22(3,20)21)13-9-7-12(16)8-10-13/h7-10,14H,4-6,11H2,1-3H3,(H,17,19)/t14-/m1/s1. The largest absolute Gasteiger partial charge is 0.354 e. The number of halogens is 1. The minimum atomic E-state index is -3.67. The van der Waals surface area contributed by atoms with Crippen molar-refractivity contribution >= 4 is 21.6 Å². The molecular formula is C15H23FN2O3S. The molecule has 0 spiro atoms. The summed E-state index contributed by atoms with van der Waals surface area (Å²) in [5.74, 6) is -0.802. The summed E-state index contributed by atoms with van der Waals surface area (Å²) < 4.78 is 38.3. The van der Waals surface area contributed by atoms with Gasteiger partial charge in [-0.25, -0.2) is 12.8 Å². The minimum Gasteiger partial charge on any atom is -0.354 e. The Morgan fingerprint density at radius 3 is 2.32 bits per heavy atom. The van der Waals surface area contributed by atoms with Crippen LogP contribution in [-0.2, 0) is 14.8 Å².